The molecule has 27 heavy (non-hydrogen) atoms. The molecule has 0 saturated heterocycles. The van der Waals surface area contributed by atoms with Gasteiger partial charge in [0.15, 0.2) is 0 Å². The maximum absolute atomic E-state index is 12.3. The highest BCUT2D eigenvalue weighted by Crippen LogP contribution is 2.36. The number of hydrogen-bond acceptors (Lipinski definition) is 5. The quantitative estimate of drug-likeness (QED) is 0.798. The number of nitrogens with one attached hydrogen (secondary N) is 2. The van der Waals surface area contributed by atoms with Crippen LogP contribution in [-0.4, -0.2) is 17.6 Å². The fourth-order valence-electron chi connectivity index (χ4n) is 2.94. The molecule has 1 aromatic heterocycles. The Kier molecular flexibility index (Phi) is 5.99. The summed E-state index contributed by atoms with van der Waals surface area (Å²) in [5, 5.41) is 15.6. The number of furan rings is 1. The van der Waals surface area contributed by atoms with Crippen molar-refractivity contribution in [1.29, 1.82) is 5.26 Å². The Hall–Kier alpha value is -2.98. The molecule has 7 heteroatoms. The fraction of sp³-hybridized carbons (Fsp3) is 0.250. The summed E-state index contributed by atoms with van der Waals surface area (Å²) in [6.45, 7) is 2.02. The van der Waals surface area contributed by atoms with Crippen molar-refractivity contribution in [3.63, 3.8) is 0 Å². The first-order valence-corrected chi connectivity index (χ1v) is 9.59. The average molecular weight is 381 g/mol. The number of nitriles is 1. The average Bonchev–Trinajstić information content (AvgIpc) is 3.21. The van der Waals surface area contributed by atoms with Crippen LogP contribution < -0.4 is 10.6 Å². The summed E-state index contributed by atoms with van der Waals surface area (Å²) in [6.07, 6.45) is 2.48. The van der Waals surface area contributed by atoms with E-state index in [2.05, 4.69) is 16.7 Å². The van der Waals surface area contributed by atoms with Crippen molar-refractivity contribution >= 4 is 29.3 Å². The lowest BCUT2D eigenvalue weighted by Gasteiger charge is -2.23. The van der Waals surface area contributed by atoms with Gasteiger partial charge in [0.2, 0.25) is 11.8 Å². The van der Waals surface area contributed by atoms with Gasteiger partial charge in [0.05, 0.1) is 34.6 Å². The number of para-hydroxylation sites is 1. The Morgan fingerprint density at radius 1 is 1.37 bits per heavy atom. The zero-order valence-electron chi connectivity index (χ0n) is 14.8. The maximum Gasteiger partial charge on any atom is 0.234 e. The molecule has 0 spiro atoms. The molecule has 1 aliphatic rings. The normalized spacial score (nSPS) is 16.6. The topological polar surface area (TPSA) is 95.1 Å². The molecular weight excluding hydrogens is 362 g/mol. The predicted molar refractivity (Wildman–Crippen MR) is 104 cm³/mol. The first-order chi connectivity index (χ1) is 13.1. The van der Waals surface area contributed by atoms with Gasteiger partial charge in [0, 0.05) is 12.1 Å². The lowest BCUT2D eigenvalue weighted by atomic mass is 9.92. The minimum atomic E-state index is -0.426. The highest BCUT2D eigenvalue weighted by atomic mass is 32.2. The largest absolute Gasteiger partial charge is 0.469 e. The molecule has 2 amide bonds. The lowest BCUT2D eigenvalue weighted by molar-refractivity contribution is -0.121. The molecular formula is C20H19N3O3S. The number of anilines is 1. The van der Waals surface area contributed by atoms with Crippen LogP contribution in [0, 0.1) is 11.3 Å². The van der Waals surface area contributed by atoms with Crippen molar-refractivity contribution in [1.82, 2.24) is 5.32 Å². The first-order valence-electron chi connectivity index (χ1n) is 8.60. The van der Waals surface area contributed by atoms with Gasteiger partial charge >= 0.3 is 0 Å². The van der Waals surface area contributed by atoms with Crippen LogP contribution in [0.15, 0.2) is 57.7 Å². The molecule has 1 atom stereocenters. The number of carbonyl (C=O) groups excluding carboxylic acids is 2. The van der Waals surface area contributed by atoms with Crippen molar-refractivity contribution in [2.24, 2.45) is 0 Å². The second-order valence-corrected chi connectivity index (χ2v) is 7.01. The highest BCUT2D eigenvalue weighted by molar-refractivity contribution is 8.03. The number of hydrogen-bond donors (Lipinski definition) is 2. The van der Waals surface area contributed by atoms with Gasteiger partial charge in [-0.3, -0.25) is 9.59 Å². The van der Waals surface area contributed by atoms with Gasteiger partial charge < -0.3 is 15.1 Å². The molecule has 1 unspecified atom stereocenters. The van der Waals surface area contributed by atoms with E-state index >= 15 is 0 Å². The summed E-state index contributed by atoms with van der Waals surface area (Å²) in [5.74, 6) is -0.162. The van der Waals surface area contributed by atoms with Gasteiger partial charge in [-0.2, -0.15) is 5.26 Å². The van der Waals surface area contributed by atoms with Crippen molar-refractivity contribution in [3.8, 4) is 6.07 Å². The summed E-state index contributed by atoms with van der Waals surface area (Å²) >= 11 is 1.15. The van der Waals surface area contributed by atoms with Gasteiger partial charge in [-0.25, -0.2) is 0 Å². The van der Waals surface area contributed by atoms with Crippen LogP contribution in [0.25, 0.3) is 0 Å². The van der Waals surface area contributed by atoms with Crippen LogP contribution in [0.5, 0.6) is 0 Å². The zero-order chi connectivity index (χ0) is 19.2. The van der Waals surface area contributed by atoms with E-state index in [9.17, 15) is 14.9 Å². The molecule has 1 aliphatic heterocycles. The molecule has 2 aromatic rings. The Morgan fingerprint density at radius 3 is 2.89 bits per heavy atom. The van der Waals surface area contributed by atoms with E-state index in [4.69, 9.17) is 4.42 Å². The number of allylic oxidation sites excluding steroid dienone is 1. The molecule has 0 radical (unpaired) electrons. The number of nitrogens with zero attached hydrogens (tertiary/aromatic N) is 1. The van der Waals surface area contributed by atoms with Gasteiger partial charge in [0.25, 0.3) is 0 Å². The Bertz CT molecular complexity index is 913. The number of thioether (sulfide) groups is 1. The van der Waals surface area contributed by atoms with Crippen LogP contribution in [0.3, 0.4) is 0 Å². The standard InChI is InChI=1S/C20H19N3O3S/c1-2-13-6-3-4-7-16(13)22-19(25)12-27-20-15(11-21)14(10-18(24)23-20)17-8-5-9-26-17/h3-9,14H,2,10,12H2,1H3,(H,22,25)(H,23,24). The van der Waals surface area contributed by atoms with Crippen LogP contribution in [-0.2, 0) is 16.0 Å². The Balaban J connectivity index is 1.72. The van der Waals surface area contributed by atoms with Gasteiger partial charge in [-0.15, -0.1) is 0 Å². The summed E-state index contributed by atoms with van der Waals surface area (Å²) in [5.41, 5.74) is 2.24. The van der Waals surface area contributed by atoms with Crippen LogP contribution in [0.2, 0.25) is 0 Å². The van der Waals surface area contributed by atoms with Crippen molar-refractivity contribution < 1.29 is 14.0 Å². The van der Waals surface area contributed by atoms with E-state index in [0.29, 0.717) is 16.4 Å². The molecule has 6 nitrogen and oxygen atoms in total. The van der Waals surface area contributed by atoms with Gasteiger partial charge in [0.1, 0.15) is 5.76 Å². The SMILES string of the molecule is CCc1ccccc1NC(=O)CSC1=C(C#N)C(c2ccco2)CC(=O)N1. The second-order valence-electron chi connectivity index (χ2n) is 6.02. The zero-order valence-corrected chi connectivity index (χ0v) is 15.6. The summed E-state index contributed by atoms with van der Waals surface area (Å²) in [7, 11) is 0. The number of rotatable bonds is 6. The third-order valence-corrected chi connectivity index (χ3v) is 5.28. The number of amides is 2. The van der Waals surface area contributed by atoms with E-state index in [1.807, 2.05) is 31.2 Å². The molecule has 2 N–H and O–H groups in total. The molecule has 0 aliphatic carbocycles. The molecule has 0 fully saturated rings. The molecule has 0 saturated carbocycles. The maximum atomic E-state index is 12.3. The third kappa shape index (κ3) is 4.41. The molecule has 2 heterocycles. The number of benzene rings is 1. The summed E-state index contributed by atoms with van der Waals surface area (Å²) in [6, 6.07) is 13.3. The van der Waals surface area contributed by atoms with E-state index < -0.39 is 5.92 Å². The van der Waals surface area contributed by atoms with Crippen molar-refractivity contribution in [3.05, 3.63) is 64.6 Å². The third-order valence-electron chi connectivity index (χ3n) is 4.26. The fourth-order valence-corrected chi connectivity index (χ4v) is 3.82. The summed E-state index contributed by atoms with van der Waals surface area (Å²) < 4.78 is 5.38. The second kappa shape index (κ2) is 8.60. The molecule has 1 aromatic carbocycles. The highest BCUT2D eigenvalue weighted by Gasteiger charge is 2.31. The molecule has 138 valence electrons. The smallest absolute Gasteiger partial charge is 0.234 e. The Morgan fingerprint density at radius 2 is 2.19 bits per heavy atom. The minimum Gasteiger partial charge on any atom is -0.469 e. The molecule has 0 bridgehead atoms. The lowest BCUT2D eigenvalue weighted by Crippen LogP contribution is -2.31. The van der Waals surface area contributed by atoms with E-state index in [1.165, 1.54) is 6.26 Å². The summed E-state index contributed by atoms with van der Waals surface area (Å²) in [4.78, 5) is 24.4. The Labute approximate surface area is 161 Å². The number of carbonyl (C=O) groups is 2. The van der Waals surface area contributed by atoms with Crippen LogP contribution in [0.1, 0.15) is 30.6 Å². The van der Waals surface area contributed by atoms with Gasteiger partial charge in [-0.1, -0.05) is 36.9 Å². The van der Waals surface area contributed by atoms with E-state index in [0.717, 1.165) is 29.4 Å². The molecule has 3 rings (SSSR count). The van der Waals surface area contributed by atoms with Crippen molar-refractivity contribution in [2.75, 3.05) is 11.1 Å². The van der Waals surface area contributed by atoms with Crippen LogP contribution >= 0.6 is 11.8 Å². The van der Waals surface area contributed by atoms with Crippen LogP contribution in [0.4, 0.5) is 5.69 Å². The first kappa shape index (κ1) is 18.8. The van der Waals surface area contributed by atoms with Gasteiger partial charge in [-0.05, 0) is 30.2 Å². The van der Waals surface area contributed by atoms with E-state index in [1.54, 1.807) is 12.1 Å². The monoisotopic (exact) mass is 381 g/mol. The number of aryl methyl sites for hydroxylation is 1. The van der Waals surface area contributed by atoms with E-state index in [-0.39, 0.29) is 24.0 Å². The predicted octanol–water partition coefficient (Wildman–Crippen LogP) is 3.55. The minimum absolute atomic E-state index is 0.0870. The van der Waals surface area contributed by atoms with Crippen molar-refractivity contribution in [2.45, 2.75) is 25.7 Å².